The van der Waals surface area contributed by atoms with Crippen molar-refractivity contribution in [2.75, 3.05) is 6.54 Å². The van der Waals surface area contributed by atoms with Crippen LogP contribution in [0.5, 0.6) is 0 Å². The van der Waals surface area contributed by atoms with Gasteiger partial charge in [-0.3, -0.25) is 4.79 Å². The first-order valence-electron chi connectivity index (χ1n) is 7.77. The van der Waals surface area contributed by atoms with E-state index in [-0.39, 0.29) is 17.4 Å². The maximum absolute atomic E-state index is 12.1. The molecule has 1 unspecified atom stereocenters. The van der Waals surface area contributed by atoms with Gasteiger partial charge >= 0.3 is 0 Å². The second-order valence-electron chi connectivity index (χ2n) is 6.61. The van der Waals surface area contributed by atoms with Crippen molar-refractivity contribution in [3.05, 3.63) is 34.9 Å². The molecule has 3 N–H and O–H groups in total. The highest BCUT2D eigenvalue weighted by Crippen LogP contribution is 2.46. The molecule has 1 fully saturated rings. The zero-order valence-corrected chi connectivity index (χ0v) is 12.2. The molecule has 0 aromatic heterocycles. The number of nitrogens with two attached hydrogens (primary N) is 1. The Kier molecular flexibility index (Phi) is 3.55. The molecule has 1 aromatic rings. The van der Waals surface area contributed by atoms with Crippen LogP contribution in [0.4, 0.5) is 0 Å². The molecule has 1 aliphatic heterocycles. The first-order chi connectivity index (χ1) is 9.60. The molecule has 3 rings (SSSR count). The number of hydrogen-bond donors (Lipinski definition) is 2. The van der Waals surface area contributed by atoms with Crippen LogP contribution in [0.15, 0.2) is 18.2 Å². The fourth-order valence-corrected chi connectivity index (χ4v) is 3.69. The minimum Gasteiger partial charge on any atom is -0.352 e. The maximum Gasteiger partial charge on any atom is 0.251 e. The van der Waals surface area contributed by atoms with E-state index in [9.17, 15) is 4.79 Å². The van der Waals surface area contributed by atoms with Crippen molar-refractivity contribution in [2.24, 2.45) is 11.1 Å². The molecule has 0 bridgehead atoms. The number of nitrogens with one attached hydrogen (secondary N) is 1. The third kappa shape index (κ3) is 2.35. The van der Waals surface area contributed by atoms with E-state index in [4.69, 9.17) is 5.73 Å². The lowest BCUT2D eigenvalue weighted by molar-refractivity contribution is 0.0956. The summed E-state index contributed by atoms with van der Waals surface area (Å²) >= 11 is 0. The highest BCUT2D eigenvalue weighted by atomic mass is 16.1. The SMILES string of the molecule is CC1(C(N)c2ccc3c(c2)C(=O)NCCC3)CCCC1. The van der Waals surface area contributed by atoms with Gasteiger partial charge < -0.3 is 11.1 Å². The van der Waals surface area contributed by atoms with Gasteiger partial charge in [-0.25, -0.2) is 0 Å². The predicted molar refractivity (Wildman–Crippen MR) is 80.6 cm³/mol. The van der Waals surface area contributed by atoms with Crippen LogP contribution in [0.2, 0.25) is 0 Å². The predicted octanol–water partition coefficient (Wildman–Crippen LogP) is 2.94. The number of carbonyl (C=O) groups is 1. The van der Waals surface area contributed by atoms with Gasteiger partial charge in [0.25, 0.3) is 5.91 Å². The Bertz CT molecular complexity index is 518. The molecule has 3 nitrogen and oxygen atoms in total. The molecule has 0 saturated heterocycles. The lowest BCUT2D eigenvalue weighted by atomic mass is 9.77. The number of benzene rings is 1. The first-order valence-corrected chi connectivity index (χ1v) is 7.77. The molecule has 1 heterocycles. The van der Waals surface area contributed by atoms with Crippen LogP contribution in [0, 0.1) is 5.41 Å². The number of rotatable bonds is 2. The smallest absolute Gasteiger partial charge is 0.251 e. The van der Waals surface area contributed by atoms with E-state index < -0.39 is 0 Å². The number of fused-ring (bicyclic) bond motifs is 1. The second-order valence-corrected chi connectivity index (χ2v) is 6.61. The molecule has 20 heavy (non-hydrogen) atoms. The summed E-state index contributed by atoms with van der Waals surface area (Å²) in [5.74, 6) is 0.0584. The Morgan fingerprint density at radius 1 is 1.25 bits per heavy atom. The van der Waals surface area contributed by atoms with Crippen LogP contribution in [-0.2, 0) is 6.42 Å². The van der Waals surface area contributed by atoms with Crippen molar-refractivity contribution in [1.82, 2.24) is 5.32 Å². The van der Waals surface area contributed by atoms with Gasteiger partial charge in [0.15, 0.2) is 0 Å². The highest BCUT2D eigenvalue weighted by molar-refractivity contribution is 5.96. The fraction of sp³-hybridized carbons (Fsp3) is 0.588. The van der Waals surface area contributed by atoms with Gasteiger partial charge in [0.05, 0.1) is 0 Å². The Morgan fingerprint density at radius 2 is 2.00 bits per heavy atom. The van der Waals surface area contributed by atoms with Crippen molar-refractivity contribution < 1.29 is 4.79 Å². The molecule has 0 radical (unpaired) electrons. The molecular formula is C17H24N2O. The second kappa shape index (κ2) is 5.21. The van der Waals surface area contributed by atoms with E-state index in [1.54, 1.807) is 0 Å². The summed E-state index contributed by atoms with van der Waals surface area (Å²) in [7, 11) is 0. The van der Waals surface area contributed by atoms with Gasteiger partial charge in [-0.1, -0.05) is 31.9 Å². The average molecular weight is 272 g/mol. The molecule has 3 heteroatoms. The Labute approximate surface area is 120 Å². The maximum atomic E-state index is 12.1. The largest absolute Gasteiger partial charge is 0.352 e. The molecule has 108 valence electrons. The van der Waals surface area contributed by atoms with Gasteiger partial charge in [-0.2, -0.15) is 0 Å². The van der Waals surface area contributed by atoms with Crippen molar-refractivity contribution in [2.45, 2.75) is 51.5 Å². The Hall–Kier alpha value is -1.35. The fourth-order valence-electron chi connectivity index (χ4n) is 3.69. The molecule has 1 aliphatic carbocycles. The van der Waals surface area contributed by atoms with Crippen molar-refractivity contribution in [3.63, 3.8) is 0 Å². The Morgan fingerprint density at radius 3 is 2.75 bits per heavy atom. The summed E-state index contributed by atoms with van der Waals surface area (Å²) in [6.07, 6.45) is 6.92. The first kappa shape index (κ1) is 13.6. The van der Waals surface area contributed by atoms with Crippen LogP contribution < -0.4 is 11.1 Å². The standard InChI is InChI=1S/C17H24N2O/c1-17(8-2-3-9-17)15(18)13-7-6-12-5-4-10-19-16(20)14(12)11-13/h6-7,11,15H,2-5,8-10,18H2,1H3,(H,19,20). The molecule has 1 atom stereocenters. The summed E-state index contributed by atoms with van der Waals surface area (Å²) in [5.41, 5.74) is 9.82. The van der Waals surface area contributed by atoms with E-state index in [2.05, 4.69) is 24.4 Å². The molecule has 0 spiro atoms. The lowest BCUT2D eigenvalue weighted by Gasteiger charge is -2.31. The zero-order valence-electron chi connectivity index (χ0n) is 12.2. The van der Waals surface area contributed by atoms with Crippen LogP contribution in [-0.4, -0.2) is 12.5 Å². The minimum atomic E-state index is 0.0337. The number of carbonyl (C=O) groups excluding carboxylic acids is 1. The van der Waals surface area contributed by atoms with Gasteiger partial charge in [0, 0.05) is 18.2 Å². The van der Waals surface area contributed by atoms with Crippen LogP contribution in [0.1, 0.15) is 66.6 Å². The molecule has 2 aliphatic rings. The topological polar surface area (TPSA) is 55.1 Å². The van der Waals surface area contributed by atoms with E-state index >= 15 is 0 Å². The number of amides is 1. The summed E-state index contributed by atoms with van der Waals surface area (Å²) in [6, 6.07) is 6.30. The van der Waals surface area contributed by atoms with Crippen LogP contribution >= 0.6 is 0 Å². The summed E-state index contributed by atoms with van der Waals surface area (Å²) in [5, 5.41) is 2.97. The summed E-state index contributed by atoms with van der Waals surface area (Å²) < 4.78 is 0. The monoisotopic (exact) mass is 272 g/mol. The van der Waals surface area contributed by atoms with Gasteiger partial charge in [-0.05, 0) is 48.3 Å². The zero-order chi connectivity index (χ0) is 14.2. The lowest BCUT2D eigenvalue weighted by Crippen LogP contribution is -2.30. The minimum absolute atomic E-state index is 0.0337. The normalized spacial score (nSPS) is 22.8. The molecule has 1 aromatic carbocycles. The summed E-state index contributed by atoms with van der Waals surface area (Å²) in [6.45, 7) is 3.06. The number of hydrogen-bond acceptors (Lipinski definition) is 2. The molecule has 1 amide bonds. The van der Waals surface area contributed by atoms with Gasteiger partial charge in [0.1, 0.15) is 0 Å². The van der Waals surface area contributed by atoms with Crippen molar-refractivity contribution in [3.8, 4) is 0 Å². The quantitative estimate of drug-likeness (QED) is 0.869. The van der Waals surface area contributed by atoms with Crippen molar-refractivity contribution in [1.29, 1.82) is 0 Å². The van der Waals surface area contributed by atoms with Gasteiger partial charge in [0.2, 0.25) is 0 Å². The van der Waals surface area contributed by atoms with E-state index in [0.29, 0.717) is 0 Å². The van der Waals surface area contributed by atoms with E-state index in [0.717, 1.165) is 36.1 Å². The molecule has 1 saturated carbocycles. The average Bonchev–Trinajstić information content (AvgIpc) is 2.82. The van der Waals surface area contributed by atoms with Crippen LogP contribution in [0.25, 0.3) is 0 Å². The third-order valence-corrected chi connectivity index (χ3v) is 5.14. The Balaban J connectivity index is 1.93. The van der Waals surface area contributed by atoms with Crippen LogP contribution in [0.3, 0.4) is 0 Å². The third-order valence-electron chi connectivity index (χ3n) is 5.14. The highest BCUT2D eigenvalue weighted by Gasteiger charge is 2.36. The molecular weight excluding hydrogens is 248 g/mol. The van der Waals surface area contributed by atoms with E-state index in [1.165, 1.54) is 25.7 Å². The van der Waals surface area contributed by atoms with E-state index in [1.807, 2.05) is 6.07 Å². The van der Waals surface area contributed by atoms with Gasteiger partial charge in [-0.15, -0.1) is 0 Å². The number of aryl methyl sites for hydroxylation is 1. The van der Waals surface area contributed by atoms with Crippen molar-refractivity contribution >= 4 is 5.91 Å². The summed E-state index contributed by atoms with van der Waals surface area (Å²) in [4.78, 5) is 12.1.